The van der Waals surface area contributed by atoms with Crippen molar-refractivity contribution in [2.75, 3.05) is 0 Å². The predicted molar refractivity (Wildman–Crippen MR) is 59.2 cm³/mol. The minimum atomic E-state index is -1.24. The average molecular weight is 286 g/mol. The Morgan fingerprint density at radius 2 is 2.00 bits per heavy atom. The van der Waals surface area contributed by atoms with Crippen LogP contribution in [0.4, 0.5) is 4.39 Å². The molecular formula is C10H5BrFNO3. The number of nitrogens with one attached hydrogen (secondary N) is 1. The molecule has 1 heterocycles. The molecular weight excluding hydrogens is 281 g/mol. The van der Waals surface area contributed by atoms with E-state index in [1.54, 1.807) is 0 Å². The summed E-state index contributed by atoms with van der Waals surface area (Å²) in [5, 5.41) is 9.23. The van der Waals surface area contributed by atoms with E-state index in [0.29, 0.717) is 9.86 Å². The van der Waals surface area contributed by atoms with E-state index in [1.807, 2.05) is 0 Å². The molecule has 0 aliphatic carbocycles. The van der Waals surface area contributed by atoms with Crippen molar-refractivity contribution in [3.63, 3.8) is 0 Å². The highest BCUT2D eigenvalue weighted by Crippen LogP contribution is 2.23. The van der Waals surface area contributed by atoms with Crippen LogP contribution in [0.1, 0.15) is 10.5 Å². The van der Waals surface area contributed by atoms with Gasteiger partial charge in [-0.1, -0.05) is 15.9 Å². The Morgan fingerprint density at radius 3 is 2.62 bits per heavy atom. The summed E-state index contributed by atoms with van der Waals surface area (Å²) in [6.45, 7) is 0. The molecule has 0 unspecified atom stereocenters. The second-order valence-electron chi connectivity index (χ2n) is 3.17. The first-order valence-corrected chi connectivity index (χ1v) is 5.03. The average Bonchev–Trinajstić information content (AvgIpc) is 2.19. The number of halogens is 2. The van der Waals surface area contributed by atoms with Gasteiger partial charge in [-0.25, -0.2) is 9.18 Å². The fourth-order valence-electron chi connectivity index (χ4n) is 1.40. The second kappa shape index (κ2) is 3.71. The summed E-state index contributed by atoms with van der Waals surface area (Å²) in [6.07, 6.45) is 0. The summed E-state index contributed by atoms with van der Waals surface area (Å²) >= 11 is 3.08. The lowest BCUT2D eigenvalue weighted by Gasteiger charge is -2.02. The van der Waals surface area contributed by atoms with Gasteiger partial charge in [0.1, 0.15) is 11.5 Å². The molecule has 2 aromatic rings. The number of carboxylic acids is 1. The van der Waals surface area contributed by atoms with Crippen LogP contribution < -0.4 is 5.56 Å². The van der Waals surface area contributed by atoms with Gasteiger partial charge >= 0.3 is 5.97 Å². The van der Waals surface area contributed by atoms with Gasteiger partial charge < -0.3 is 10.1 Å². The highest BCUT2D eigenvalue weighted by atomic mass is 79.9. The minimum Gasteiger partial charge on any atom is -0.477 e. The first-order valence-electron chi connectivity index (χ1n) is 4.24. The standard InChI is InChI=1S/C10H5BrFNO3/c11-7-2-4(12)1-6-5(7)3-8(10(15)16)13-9(6)14/h1-3H,(H,13,14)(H,15,16). The number of aromatic carboxylic acids is 1. The molecule has 0 aliphatic rings. The van der Waals surface area contributed by atoms with E-state index >= 15 is 0 Å². The molecule has 0 amide bonds. The van der Waals surface area contributed by atoms with Crippen LogP contribution in [-0.2, 0) is 0 Å². The summed E-state index contributed by atoms with van der Waals surface area (Å²) in [5.41, 5.74) is -0.861. The molecule has 2 rings (SSSR count). The molecule has 1 aromatic heterocycles. The smallest absolute Gasteiger partial charge is 0.352 e. The van der Waals surface area contributed by atoms with E-state index in [4.69, 9.17) is 5.11 Å². The maximum atomic E-state index is 13.0. The molecule has 0 fully saturated rings. The Hall–Kier alpha value is -1.69. The van der Waals surface area contributed by atoms with E-state index in [2.05, 4.69) is 20.9 Å². The van der Waals surface area contributed by atoms with E-state index < -0.39 is 17.3 Å². The normalized spacial score (nSPS) is 10.6. The second-order valence-corrected chi connectivity index (χ2v) is 4.02. The molecule has 6 heteroatoms. The highest BCUT2D eigenvalue weighted by Gasteiger charge is 2.10. The van der Waals surface area contributed by atoms with E-state index in [-0.39, 0.29) is 11.1 Å². The van der Waals surface area contributed by atoms with Crippen LogP contribution in [0.2, 0.25) is 0 Å². The van der Waals surface area contributed by atoms with Crippen molar-refractivity contribution < 1.29 is 14.3 Å². The largest absolute Gasteiger partial charge is 0.477 e. The van der Waals surface area contributed by atoms with E-state index in [1.165, 1.54) is 12.1 Å². The third-order valence-corrected chi connectivity index (χ3v) is 2.76. The van der Waals surface area contributed by atoms with Gasteiger partial charge in [0.2, 0.25) is 0 Å². The van der Waals surface area contributed by atoms with Crippen LogP contribution in [0.3, 0.4) is 0 Å². The summed E-state index contributed by atoms with van der Waals surface area (Å²) in [5.74, 6) is -1.80. The number of benzene rings is 1. The van der Waals surface area contributed by atoms with E-state index in [0.717, 1.165) is 6.07 Å². The summed E-state index contributed by atoms with van der Waals surface area (Å²) < 4.78 is 13.4. The molecule has 1 aromatic carbocycles. The van der Waals surface area contributed by atoms with Crippen LogP contribution >= 0.6 is 15.9 Å². The van der Waals surface area contributed by atoms with Crippen molar-refractivity contribution in [1.82, 2.24) is 4.98 Å². The number of rotatable bonds is 1. The monoisotopic (exact) mass is 285 g/mol. The minimum absolute atomic E-state index is 0.108. The number of carboxylic acid groups (broad SMARTS) is 1. The number of hydrogen-bond donors (Lipinski definition) is 2. The quantitative estimate of drug-likeness (QED) is 0.843. The molecule has 0 bridgehead atoms. The SMILES string of the molecule is O=C(O)c1cc2c(Br)cc(F)cc2c(=O)[nH]1. The van der Waals surface area contributed by atoms with Crippen LogP contribution in [0.25, 0.3) is 10.8 Å². The van der Waals surface area contributed by atoms with Crippen LogP contribution in [0.15, 0.2) is 27.5 Å². The number of carbonyl (C=O) groups is 1. The number of pyridine rings is 1. The first kappa shape index (κ1) is 10.8. The fraction of sp³-hybridized carbons (Fsp3) is 0. The Kier molecular flexibility index (Phi) is 2.51. The van der Waals surface area contributed by atoms with Gasteiger partial charge in [-0.15, -0.1) is 0 Å². The van der Waals surface area contributed by atoms with Gasteiger partial charge in [-0.05, 0) is 18.2 Å². The van der Waals surface area contributed by atoms with Crippen molar-refractivity contribution in [1.29, 1.82) is 0 Å². The van der Waals surface area contributed by atoms with Crippen molar-refractivity contribution in [3.05, 3.63) is 44.5 Å². The fourth-order valence-corrected chi connectivity index (χ4v) is 1.95. The number of fused-ring (bicyclic) bond motifs is 1. The Balaban J connectivity index is 2.93. The summed E-state index contributed by atoms with van der Waals surface area (Å²) in [4.78, 5) is 24.4. The number of aromatic nitrogens is 1. The molecule has 2 N–H and O–H groups in total. The lowest BCUT2D eigenvalue weighted by atomic mass is 10.1. The molecule has 16 heavy (non-hydrogen) atoms. The number of H-pyrrole nitrogens is 1. The molecule has 0 radical (unpaired) electrons. The zero-order valence-corrected chi connectivity index (χ0v) is 9.34. The molecule has 0 spiro atoms. The molecule has 0 atom stereocenters. The number of aromatic amines is 1. The maximum absolute atomic E-state index is 13.0. The topological polar surface area (TPSA) is 70.2 Å². The van der Waals surface area contributed by atoms with Crippen molar-refractivity contribution >= 4 is 32.7 Å². The van der Waals surface area contributed by atoms with Crippen molar-refractivity contribution in [3.8, 4) is 0 Å². The predicted octanol–water partition coefficient (Wildman–Crippen LogP) is 2.13. The Bertz CT molecular complexity index is 650. The summed E-state index contributed by atoms with van der Waals surface area (Å²) in [6, 6.07) is 3.51. The summed E-state index contributed by atoms with van der Waals surface area (Å²) in [7, 11) is 0. The van der Waals surface area contributed by atoms with Gasteiger partial charge in [-0.3, -0.25) is 4.79 Å². The number of hydrogen-bond acceptors (Lipinski definition) is 2. The molecule has 0 saturated heterocycles. The first-order chi connectivity index (χ1) is 7.49. The van der Waals surface area contributed by atoms with Gasteiger partial charge in [0.25, 0.3) is 5.56 Å². The van der Waals surface area contributed by atoms with Crippen LogP contribution in [0, 0.1) is 5.82 Å². The zero-order valence-electron chi connectivity index (χ0n) is 7.75. The van der Waals surface area contributed by atoms with Crippen LogP contribution in [-0.4, -0.2) is 16.1 Å². The van der Waals surface area contributed by atoms with Gasteiger partial charge in [0.15, 0.2) is 0 Å². The molecule has 4 nitrogen and oxygen atoms in total. The van der Waals surface area contributed by atoms with Gasteiger partial charge in [-0.2, -0.15) is 0 Å². The van der Waals surface area contributed by atoms with Crippen molar-refractivity contribution in [2.45, 2.75) is 0 Å². The lowest BCUT2D eigenvalue weighted by molar-refractivity contribution is 0.0690. The Morgan fingerprint density at radius 1 is 1.31 bits per heavy atom. The maximum Gasteiger partial charge on any atom is 0.352 e. The Labute approximate surface area is 96.8 Å². The third kappa shape index (κ3) is 1.71. The van der Waals surface area contributed by atoms with Gasteiger partial charge in [0, 0.05) is 9.86 Å². The van der Waals surface area contributed by atoms with E-state index in [9.17, 15) is 14.0 Å². The molecule has 82 valence electrons. The molecule has 0 saturated carbocycles. The highest BCUT2D eigenvalue weighted by molar-refractivity contribution is 9.10. The van der Waals surface area contributed by atoms with Crippen molar-refractivity contribution in [2.24, 2.45) is 0 Å². The molecule has 0 aliphatic heterocycles. The van der Waals surface area contributed by atoms with Gasteiger partial charge in [0.05, 0.1) is 5.39 Å². The zero-order chi connectivity index (χ0) is 11.9. The van der Waals surface area contributed by atoms with Crippen LogP contribution in [0.5, 0.6) is 0 Å². The lowest BCUT2D eigenvalue weighted by Crippen LogP contribution is -2.13. The third-order valence-electron chi connectivity index (χ3n) is 2.11.